The average Bonchev–Trinajstić information content (AvgIpc) is 2.72. The molecule has 0 saturated heterocycles. The smallest absolute Gasteiger partial charge is 0.216 e. The summed E-state index contributed by atoms with van der Waals surface area (Å²) in [5.74, 6) is 0.657. The molecule has 0 radical (unpaired) electrons. The van der Waals surface area contributed by atoms with Crippen LogP contribution in [0.5, 0.6) is 5.75 Å². The molecule has 0 amide bonds. The van der Waals surface area contributed by atoms with Crippen LogP contribution in [0.15, 0.2) is 87.1 Å². The zero-order chi connectivity index (χ0) is 20.9. The molecule has 0 bridgehead atoms. The average molecular weight is 468 g/mol. The van der Waals surface area contributed by atoms with Crippen LogP contribution in [-0.2, 0) is 16.4 Å². The van der Waals surface area contributed by atoms with Crippen LogP contribution in [-0.4, -0.2) is 8.42 Å². The largest absolute Gasteiger partial charge is 0.489 e. The van der Waals surface area contributed by atoms with Crippen molar-refractivity contribution in [1.29, 1.82) is 5.26 Å². The molecule has 3 aromatic rings. The Labute approximate surface area is 179 Å². The molecule has 29 heavy (non-hydrogen) atoms. The van der Waals surface area contributed by atoms with Crippen molar-refractivity contribution in [3.8, 4) is 11.8 Å². The molecule has 0 aliphatic heterocycles. The van der Waals surface area contributed by atoms with Gasteiger partial charge in [-0.3, -0.25) is 0 Å². The Morgan fingerprint density at radius 3 is 2.21 bits per heavy atom. The van der Waals surface area contributed by atoms with Crippen LogP contribution in [0.3, 0.4) is 0 Å². The van der Waals surface area contributed by atoms with E-state index in [1.807, 2.05) is 37.3 Å². The molecule has 3 rings (SSSR count). The van der Waals surface area contributed by atoms with E-state index in [9.17, 15) is 13.7 Å². The molecule has 3 aromatic carbocycles. The van der Waals surface area contributed by atoms with Crippen molar-refractivity contribution < 1.29 is 13.2 Å². The highest BCUT2D eigenvalue weighted by molar-refractivity contribution is 9.10. The number of nitrogens with zero attached hydrogens (tertiary/aromatic N) is 1. The summed E-state index contributed by atoms with van der Waals surface area (Å²) in [5, 5.41) is 9.40. The predicted octanol–water partition coefficient (Wildman–Crippen LogP) is 5.67. The van der Waals surface area contributed by atoms with E-state index in [1.54, 1.807) is 36.4 Å². The monoisotopic (exact) mass is 467 g/mol. The van der Waals surface area contributed by atoms with E-state index < -0.39 is 9.84 Å². The van der Waals surface area contributed by atoms with Gasteiger partial charge in [0.05, 0.1) is 4.90 Å². The summed E-state index contributed by atoms with van der Waals surface area (Å²) < 4.78 is 32.2. The lowest BCUT2D eigenvalue weighted by atomic mass is 10.2. The van der Waals surface area contributed by atoms with Gasteiger partial charge in [0.25, 0.3) is 0 Å². The summed E-state index contributed by atoms with van der Waals surface area (Å²) in [6, 6.07) is 23.0. The minimum atomic E-state index is -3.86. The van der Waals surface area contributed by atoms with Gasteiger partial charge in [0.1, 0.15) is 23.3 Å². The number of halogens is 1. The van der Waals surface area contributed by atoms with Crippen LogP contribution in [0.2, 0.25) is 0 Å². The molecule has 146 valence electrons. The fourth-order valence-corrected chi connectivity index (χ4v) is 4.00. The fraction of sp³-hybridized carbons (Fsp3) is 0.0870. The van der Waals surface area contributed by atoms with Crippen LogP contribution in [0.4, 0.5) is 0 Å². The summed E-state index contributed by atoms with van der Waals surface area (Å²) in [4.78, 5) is -0.199. The quantitative estimate of drug-likeness (QED) is 0.437. The lowest BCUT2D eigenvalue weighted by Gasteiger charge is -2.07. The minimum Gasteiger partial charge on any atom is -0.489 e. The molecular weight excluding hydrogens is 450 g/mol. The third-order valence-electron chi connectivity index (χ3n) is 4.23. The number of hydrogen-bond donors (Lipinski definition) is 0. The van der Waals surface area contributed by atoms with Gasteiger partial charge >= 0.3 is 0 Å². The van der Waals surface area contributed by atoms with Crippen molar-refractivity contribution in [2.75, 3.05) is 0 Å². The molecule has 0 aromatic heterocycles. The van der Waals surface area contributed by atoms with Crippen LogP contribution in [0.25, 0.3) is 6.08 Å². The first kappa shape index (κ1) is 20.8. The fourth-order valence-electron chi connectivity index (χ4n) is 2.57. The van der Waals surface area contributed by atoms with Crippen LogP contribution in [0.1, 0.15) is 16.7 Å². The Hall–Kier alpha value is -2.88. The maximum Gasteiger partial charge on any atom is 0.216 e. The molecule has 0 unspecified atom stereocenters. The van der Waals surface area contributed by atoms with Gasteiger partial charge in [-0.2, -0.15) is 5.26 Å². The second-order valence-electron chi connectivity index (χ2n) is 6.42. The van der Waals surface area contributed by atoms with Crippen molar-refractivity contribution >= 4 is 31.8 Å². The zero-order valence-electron chi connectivity index (χ0n) is 15.7. The summed E-state index contributed by atoms with van der Waals surface area (Å²) in [5.41, 5.74) is 2.59. The van der Waals surface area contributed by atoms with E-state index in [4.69, 9.17) is 4.74 Å². The summed E-state index contributed by atoms with van der Waals surface area (Å²) in [7, 11) is -3.86. The Bertz CT molecular complexity index is 1160. The van der Waals surface area contributed by atoms with Gasteiger partial charge in [-0.25, -0.2) is 8.42 Å². The first-order valence-corrected chi connectivity index (χ1v) is 11.1. The maximum atomic E-state index is 12.7. The van der Waals surface area contributed by atoms with E-state index in [2.05, 4.69) is 15.9 Å². The van der Waals surface area contributed by atoms with Crippen molar-refractivity contribution in [3.63, 3.8) is 0 Å². The van der Waals surface area contributed by atoms with Gasteiger partial charge in [-0.05, 0) is 60.5 Å². The Morgan fingerprint density at radius 2 is 1.62 bits per heavy atom. The van der Waals surface area contributed by atoms with Gasteiger partial charge in [0.15, 0.2) is 0 Å². The Morgan fingerprint density at radius 1 is 1.00 bits per heavy atom. The predicted molar refractivity (Wildman–Crippen MR) is 117 cm³/mol. The lowest BCUT2D eigenvalue weighted by molar-refractivity contribution is 0.306. The number of aryl methyl sites for hydroxylation is 1. The van der Waals surface area contributed by atoms with E-state index in [0.717, 1.165) is 15.6 Å². The molecule has 6 heteroatoms. The molecule has 0 atom stereocenters. The first-order valence-electron chi connectivity index (χ1n) is 8.79. The third kappa shape index (κ3) is 5.35. The van der Waals surface area contributed by atoms with Crippen LogP contribution < -0.4 is 4.74 Å². The van der Waals surface area contributed by atoms with Crippen molar-refractivity contribution in [3.05, 3.63) is 98.9 Å². The number of hydrogen-bond acceptors (Lipinski definition) is 4. The molecule has 0 spiro atoms. The van der Waals surface area contributed by atoms with Crippen LogP contribution >= 0.6 is 15.9 Å². The van der Waals surface area contributed by atoms with E-state index in [0.29, 0.717) is 17.9 Å². The maximum absolute atomic E-state index is 12.7. The summed E-state index contributed by atoms with van der Waals surface area (Å²) in [6.45, 7) is 2.30. The topological polar surface area (TPSA) is 67.2 Å². The molecule has 0 N–H and O–H groups in total. The minimum absolute atomic E-state index is 0.102. The van der Waals surface area contributed by atoms with E-state index in [1.165, 1.54) is 18.2 Å². The highest BCUT2D eigenvalue weighted by Gasteiger charge is 2.20. The SMILES string of the molecule is Cc1ccc(S(=O)(=O)C(C#N)=Cc2ccc(OCc3ccc(Br)cc3)cc2)cc1. The van der Waals surface area contributed by atoms with Gasteiger partial charge < -0.3 is 4.74 Å². The molecular formula is C23H18BrNO3S. The molecule has 4 nitrogen and oxygen atoms in total. The standard InChI is InChI=1S/C23H18BrNO3S/c1-17-2-12-22(13-3-17)29(26,27)23(15-25)14-18-6-10-21(11-7-18)28-16-19-4-8-20(24)9-5-19/h2-14H,16H2,1H3. The number of allylic oxidation sites excluding steroid dienone is 1. The molecule has 0 aliphatic carbocycles. The number of ether oxygens (including phenoxy) is 1. The highest BCUT2D eigenvalue weighted by Crippen LogP contribution is 2.23. The molecule has 0 fully saturated rings. The van der Waals surface area contributed by atoms with Gasteiger partial charge in [-0.15, -0.1) is 0 Å². The van der Waals surface area contributed by atoms with Crippen molar-refractivity contribution in [2.24, 2.45) is 0 Å². The second kappa shape index (κ2) is 9.08. The molecule has 0 aliphatic rings. The first-order chi connectivity index (χ1) is 13.9. The number of benzene rings is 3. The summed E-state index contributed by atoms with van der Waals surface area (Å²) in [6.07, 6.45) is 1.37. The molecule has 0 saturated carbocycles. The number of rotatable bonds is 6. The van der Waals surface area contributed by atoms with Crippen molar-refractivity contribution in [1.82, 2.24) is 0 Å². The number of sulfone groups is 1. The zero-order valence-corrected chi connectivity index (χ0v) is 18.1. The highest BCUT2D eigenvalue weighted by atomic mass is 79.9. The molecule has 0 heterocycles. The normalized spacial score (nSPS) is 11.7. The number of nitriles is 1. The van der Waals surface area contributed by atoms with E-state index >= 15 is 0 Å². The van der Waals surface area contributed by atoms with E-state index in [-0.39, 0.29) is 9.80 Å². The van der Waals surface area contributed by atoms with Crippen molar-refractivity contribution in [2.45, 2.75) is 18.4 Å². The lowest BCUT2D eigenvalue weighted by Crippen LogP contribution is -2.03. The van der Waals surface area contributed by atoms with Gasteiger partial charge in [0, 0.05) is 4.47 Å². The Balaban J connectivity index is 1.75. The second-order valence-corrected chi connectivity index (χ2v) is 9.25. The Kier molecular flexibility index (Phi) is 6.53. The van der Waals surface area contributed by atoms with Gasteiger partial charge in [0.2, 0.25) is 9.84 Å². The summed E-state index contributed by atoms with van der Waals surface area (Å²) >= 11 is 3.39. The van der Waals surface area contributed by atoms with Gasteiger partial charge in [-0.1, -0.05) is 57.9 Å². The third-order valence-corrected chi connectivity index (χ3v) is 6.44. The van der Waals surface area contributed by atoms with Crippen LogP contribution in [0, 0.1) is 18.3 Å².